The number of nitrogens with zero attached hydrogens (tertiary/aromatic N) is 1. The van der Waals surface area contributed by atoms with Crippen molar-refractivity contribution >= 4 is 23.2 Å². The van der Waals surface area contributed by atoms with Gasteiger partial charge in [0.2, 0.25) is 12.2 Å². The van der Waals surface area contributed by atoms with Gasteiger partial charge in [-0.25, -0.2) is 0 Å². The highest BCUT2D eigenvalue weighted by Crippen LogP contribution is 2.49. The van der Waals surface area contributed by atoms with Crippen LogP contribution in [-0.2, 0) is 14.3 Å². The molecule has 4 aliphatic heterocycles. The van der Waals surface area contributed by atoms with Crippen LogP contribution in [0.1, 0.15) is 55.3 Å². The summed E-state index contributed by atoms with van der Waals surface area (Å²) in [5, 5.41) is 51.7. The van der Waals surface area contributed by atoms with Crippen LogP contribution in [0.3, 0.4) is 0 Å². The molecule has 16 nitrogen and oxygen atoms in total. The van der Waals surface area contributed by atoms with E-state index in [0.717, 1.165) is 5.56 Å². The highest BCUT2D eigenvalue weighted by Gasteiger charge is 2.48. The number of anilines is 1. The zero-order chi connectivity index (χ0) is 36.3. The standard InChI is InChI=1S/C36H39N5O11/c37-36-39-33-25(34(48)40-36)38-15-41(33)22-8-4-3-5-17(22)16-9-11-49-14-23-28(45)29(46)30(47)35(51-23)52-31-20(16)13-21-24(32(31)50-12-10-42)27(44)19-7-2-1-6-18(19)26(21)43/h1-8,13,16,23,25,28-30,33,35-36,38-39,42,45-47H,9-12,14-15,37H2,(H,40,48)/t16-,23-,25-,28-,29+,30-,33+,35+,36+/m0/s1. The van der Waals surface area contributed by atoms with Crippen LogP contribution >= 0.6 is 0 Å². The first-order valence-electron chi connectivity index (χ1n) is 17.2. The fourth-order valence-corrected chi connectivity index (χ4v) is 7.79. The number of ether oxygens (including phenoxy) is 4. The average Bonchev–Trinajstić information content (AvgIpc) is 3.56. The number of ketones is 2. The zero-order valence-electron chi connectivity index (χ0n) is 27.8. The average molecular weight is 718 g/mol. The quantitative estimate of drug-likeness (QED) is 0.119. The van der Waals surface area contributed by atoms with Gasteiger partial charge in [-0.05, 0) is 24.1 Å². The summed E-state index contributed by atoms with van der Waals surface area (Å²) in [6.45, 7) is -0.495. The van der Waals surface area contributed by atoms with Gasteiger partial charge < -0.3 is 49.6 Å². The van der Waals surface area contributed by atoms with E-state index in [4.69, 9.17) is 24.7 Å². The van der Waals surface area contributed by atoms with E-state index in [1.165, 1.54) is 0 Å². The first-order valence-corrected chi connectivity index (χ1v) is 17.2. The van der Waals surface area contributed by atoms with E-state index in [0.29, 0.717) is 11.3 Å². The molecule has 3 aromatic carbocycles. The van der Waals surface area contributed by atoms with Gasteiger partial charge in [0.15, 0.2) is 23.1 Å². The molecule has 4 heterocycles. The molecular weight excluding hydrogens is 678 g/mol. The lowest BCUT2D eigenvalue weighted by Crippen LogP contribution is -2.70. The van der Waals surface area contributed by atoms with Gasteiger partial charge in [0.1, 0.15) is 49.5 Å². The van der Waals surface area contributed by atoms with Gasteiger partial charge in [-0.3, -0.25) is 30.8 Å². The number of nitrogens with two attached hydrogens (primary N) is 1. The molecule has 0 unspecified atom stereocenters. The number of carbonyl (C=O) groups is 3. The lowest BCUT2D eigenvalue weighted by Gasteiger charge is -2.40. The van der Waals surface area contributed by atoms with E-state index in [9.17, 15) is 34.8 Å². The van der Waals surface area contributed by atoms with Crippen LogP contribution in [0.4, 0.5) is 5.69 Å². The Morgan fingerprint density at radius 1 is 0.923 bits per heavy atom. The molecule has 1 aliphatic carbocycles. The third-order valence-corrected chi connectivity index (χ3v) is 10.3. The molecule has 3 fully saturated rings. The molecule has 1 amide bonds. The van der Waals surface area contributed by atoms with Gasteiger partial charge in [-0.15, -0.1) is 0 Å². The van der Waals surface area contributed by atoms with Gasteiger partial charge in [0, 0.05) is 40.5 Å². The number of aliphatic hydroxyl groups excluding tert-OH is 4. The van der Waals surface area contributed by atoms with E-state index in [1.54, 1.807) is 30.3 Å². The fourth-order valence-electron chi connectivity index (χ4n) is 7.79. The lowest BCUT2D eigenvalue weighted by atomic mass is 9.79. The maximum atomic E-state index is 14.2. The summed E-state index contributed by atoms with van der Waals surface area (Å²) in [5.41, 5.74) is 8.26. The molecule has 9 atom stereocenters. The van der Waals surface area contributed by atoms with Gasteiger partial charge in [-0.1, -0.05) is 42.5 Å². The third-order valence-electron chi connectivity index (χ3n) is 10.3. The second-order valence-corrected chi connectivity index (χ2v) is 13.3. The Balaban J connectivity index is 1.35. The van der Waals surface area contributed by atoms with E-state index in [2.05, 4.69) is 16.0 Å². The van der Waals surface area contributed by atoms with E-state index < -0.39 is 73.3 Å². The van der Waals surface area contributed by atoms with E-state index >= 15 is 0 Å². The molecule has 0 aromatic heterocycles. The number of hydrogen-bond acceptors (Lipinski definition) is 15. The van der Waals surface area contributed by atoms with Crippen molar-refractivity contribution in [2.75, 3.05) is 38.0 Å². The van der Waals surface area contributed by atoms with Crippen molar-refractivity contribution in [3.05, 3.63) is 88.0 Å². The molecule has 2 bridgehead atoms. The predicted octanol–water partition coefficient (Wildman–Crippen LogP) is -1.40. The van der Waals surface area contributed by atoms with Crippen LogP contribution in [0.25, 0.3) is 0 Å². The normalized spacial score (nSPS) is 31.3. The van der Waals surface area contributed by atoms with Gasteiger partial charge in [-0.2, -0.15) is 0 Å². The van der Waals surface area contributed by atoms with Crippen molar-refractivity contribution in [3.8, 4) is 11.5 Å². The molecule has 9 N–H and O–H groups in total. The van der Waals surface area contributed by atoms with Gasteiger partial charge >= 0.3 is 0 Å². The predicted molar refractivity (Wildman–Crippen MR) is 181 cm³/mol. The van der Waals surface area contributed by atoms with Crippen molar-refractivity contribution in [2.24, 2.45) is 5.73 Å². The highest BCUT2D eigenvalue weighted by molar-refractivity contribution is 6.29. The number of amides is 1. The largest absolute Gasteiger partial charge is 0.486 e. The van der Waals surface area contributed by atoms with Crippen molar-refractivity contribution in [1.29, 1.82) is 0 Å². The minimum absolute atomic E-state index is 0.0511. The first kappa shape index (κ1) is 34.6. The van der Waals surface area contributed by atoms with Gasteiger partial charge in [0.05, 0.1) is 25.4 Å². The number of benzene rings is 3. The van der Waals surface area contributed by atoms with Crippen molar-refractivity contribution in [2.45, 2.75) is 61.5 Å². The Bertz CT molecular complexity index is 1910. The summed E-state index contributed by atoms with van der Waals surface area (Å²) in [5.74, 6) is -2.05. The number of fused-ring (bicyclic) bond motifs is 6. The smallest absolute Gasteiger partial charge is 0.242 e. The molecule has 3 saturated heterocycles. The minimum Gasteiger partial charge on any atom is -0.486 e. The number of carbonyl (C=O) groups excluding carboxylic acids is 3. The lowest BCUT2D eigenvalue weighted by molar-refractivity contribution is -0.279. The summed E-state index contributed by atoms with van der Waals surface area (Å²) in [6, 6.07) is 14.9. The molecule has 5 aliphatic rings. The number of rotatable bonds is 5. The number of nitrogens with one attached hydrogen (secondary N) is 3. The van der Waals surface area contributed by atoms with Crippen LogP contribution in [0.15, 0.2) is 54.6 Å². The first-order chi connectivity index (χ1) is 25.2. The molecule has 52 heavy (non-hydrogen) atoms. The molecule has 0 saturated carbocycles. The SMILES string of the molecule is N[C@H]1NC(=O)[C@H]2NCN(c3ccccc3[C@@H]3CCOC[C@@H]4O[C@H](Oc5c3cc3c(c5OCCO)C(=O)c5ccccc5C3=O)[C@@H](O)[C@H](O)[C@H]4O)[C@H]2N1. The van der Waals surface area contributed by atoms with Crippen molar-refractivity contribution in [3.63, 3.8) is 0 Å². The van der Waals surface area contributed by atoms with E-state index in [1.807, 2.05) is 29.2 Å². The van der Waals surface area contributed by atoms with Crippen molar-refractivity contribution < 1.29 is 53.8 Å². The number of para-hydroxylation sites is 1. The molecule has 274 valence electrons. The van der Waals surface area contributed by atoms with Crippen LogP contribution in [0.5, 0.6) is 11.5 Å². The topological polar surface area (TPSA) is 234 Å². The van der Waals surface area contributed by atoms with Crippen LogP contribution in [-0.4, -0.2) is 120 Å². The Labute approximate surface area is 297 Å². The van der Waals surface area contributed by atoms with E-state index in [-0.39, 0.29) is 72.6 Å². The highest BCUT2D eigenvalue weighted by atomic mass is 16.7. The van der Waals surface area contributed by atoms with Crippen LogP contribution < -0.4 is 36.1 Å². The number of aliphatic hydroxyl groups is 4. The molecule has 3 aromatic rings. The maximum Gasteiger partial charge on any atom is 0.242 e. The molecule has 0 radical (unpaired) electrons. The Morgan fingerprint density at radius 3 is 2.46 bits per heavy atom. The third kappa shape index (κ3) is 5.72. The summed E-state index contributed by atoms with van der Waals surface area (Å²) in [7, 11) is 0. The monoisotopic (exact) mass is 717 g/mol. The minimum atomic E-state index is -1.74. The summed E-state index contributed by atoms with van der Waals surface area (Å²) in [4.78, 5) is 43.3. The second kappa shape index (κ2) is 13.8. The molecule has 16 heteroatoms. The summed E-state index contributed by atoms with van der Waals surface area (Å²) < 4.78 is 24.5. The molecular formula is C36H39N5O11. The van der Waals surface area contributed by atoms with Gasteiger partial charge in [0.25, 0.3) is 0 Å². The Kier molecular flexibility index (Phi) is 9.19. The summed E-state index contributed by atoms with van der Waals surface area (Å²) >= 11 is 0. The molecule has 0 spiro atoms. The van der Waals surface area contributed by atoms with Crippen LogP contribution in [0, 0.1) is 0 Å². The Hall–Kier alpha value is -4.49. The zero-order valence-corrected chi connectivity index (χ0v) is 27.8. The number of hydrogen-bond donors (Lipinski definition) is 8. The fraction of sp³-hybridized carbons (Fsp3) is 0.417. The van der Waals surface area contributed by atoms with Crippen molar-refractivity contribution in [1.82, 2.24) is 16.0 Å². The summed E-state index contributed by atoms with van der Waals surface area (Å²) in [6.07, 6.45) is -8.63. The second-order valence-electron chi connectivity index (χ2n) is 13.3. The molecule has 8 rings (SSSR count). The Morgan fingerprint density at radius 2 is 1.67 bits per heavy atom. The maximum absolute atomic E-state index is 14.2. The van der Waals surface area contributed by atoms with Crippen LogP contribution in [0.2, 0.25) is 0 Å².